The third kappa shape index (κ3) is 29.2. The van der Waals surface area contributed by atoms with Crippen molar-refractivity contribution >= 4 is 5.69 Å². The number of piperazine rings is 1. The third-order valence-corrected chi connectivity index (χ3v) is 10.8. The molecule has 4 nitrogen and oxygen atoms in total. The van der Waals surface area contributed by atoms with Crippen molar-refractivity contribution in [3.63, 3.8) is 0 Å². The number of nitrogens with zero attached hydrogens (tertiary/aromatic N) is 2. The summed E-state index contributed by atoms with van der Waals surface area (Å²) in [6.45, 7) is 12.6. The molecule has 1 saturated heterocycles. The molecule has 2 rings (SSSR count). The Labute approximate surface area is 335 Å². The minimum absolute atomic E-state index is 0.208. The average molecular weight is 747 g/mol. The van der Waals surface area contributed by atoms with Gasteiger partial charge in [-0.1, -0.05) is 158 Å². The number of hydrogen-bond donors (Lipinski definition) is 0. The Morgan fingerprint density at radius 2 is 0.981 bits per heavy atom. The zero-order valence-corrected chi connectivity index (χ0v) is 35.6. The fraction of sp³-hybridized carbons (Fsp3) is 0.720. The van der Waals surface area contributed by atoms with Gasteiger partial charge in [0.2, 0.25) is 0 Å². The highest BCUT2D eigenvalue weighted by Crippen LogP contribution is 2.17. The molecule has 4 heteroatoms. The maximum Gasteiger partial charge on any atom is 0.0820 e. The molecule has 1 aliphatic rings. The summed E-state index contributed by atoms with van der Waals surface area (Å²) in [7, 11) is 0. The molecular weight excluding hydrogens is 661 g/mol. The van der Waals surface area contributed by atoms with Crippen LogP contribution in [0.4, 0.5) is 5.69 Å². The number of benzene rings is 1. The first-order valence-corrected chi connectivity index (χ1v) is 23.1. The number of para-hydroxylation sites is 1. The van der Waals surface area contributed by atoms with Gasteiger partial charge in [0.05, 0.1) is 12.7 Å². The van der Waals surface area contributed by atoms with Crippen LogP contribution in [0.1, 0.15) is 174 Å². The van der Waals surface area contributed by atoms with Crippen molar-refractivity contribution in [3.8, 4) is 0 Å². The molecule has 1 aliphatic heterocycles. The van der Waals surface area contributed by atoms with Gasteiger partial charge in [-0.25, -0.2) is 0 Å². The molecule has 0 N–H and O–H groups in total. The SMILES string of the molecule is CCCCC/C=C\C/C=C\CCCCCCCCOCC(CCN1CCN(c2ccccc2)CC1)OCCCCCCCC/C=C\C/C=C\CCCCC. The van der Waals surface area contributed by atoms with E-state index in [1.165, 1.54) is 147 Å². The van der Waals surface area contributed by atoms with Gasteiger partial charge in [0, 0.05) is 51.6 Å². The van der Waals surface area contributed by atoms with Crippen LogP contribution in [0.2, 0.25) is 0 Å². The molecule has 308 valence electrons. The van der Waals surface area contributed by atoms with E-state index in [2.05, 4.69) is 103 Å². The van der Waals surface area contributed by atoms with Crippen LogP contribution >= 0.6 is 0 Å². The second-order valence-electron chi connectivity index (χ2n) is 15.7. The molecule has 0 spiro atoms. The molecule has 0 aromatic heterocycles. The van der Waals surface area contributed by atoms with Crippen molar-refractivity contribution in [2.24, 2.45) is 0 Å². The first-order chi connectivity index (χ1) is 26.8. The topological polar surface area (TPSA) is 24.9 Å². The van der Waals surface area contributed by atoms with Crippen LogP contribution in [0.5, 0.6) is 0 Å². The molecule has 1 aromatic rings. The van der Waals surface area contributed by atoms with Crippen LogP contribution in [0, 0.1) is 0 Å². The highest BCUT2D eigenvalue weighted by Gasteiger charge is 2.19. The lowest BCUT2D eigenvalue weighted by Gasteiger charge is -2.36. The van der Waals surface area contributed by atoms with Gasteiger partial charge in [-0.3, -0.25) is 4.90 Å². The second kappa shape index (κ2) is 37.8. The number of allylic oxidation sites excluding steroid dienone is 8. The van der Waals surface area contributed by atoms with Gasteiger partial charge in [0.25, 0.3) is 0 Å². The Balaban J connectivity index is 1.53. The molecule has 1 atom stereocenters. The van der Waals surface area contributed by atoms with E-state index in [4.69, 9.17) is 9.47 Å². The molecule has 54 heavy (non-hydrogen) atoms. The zero-order chi connectivity index (χ0) is 38.3. The molecule has 0 amide bonds. The first kappa shape index (κ1) is 48.0. The zero-order valence-electron chi connectivity index (χ0n) is 35.6. The predicted octanol–water partition coefficient (Wildman–Crippen LogP) is 14.2. The maximum atomic E-state index is 6.49. The highest BCUT2D eigenvalue weighted by atomic mass is 16.5. The van der Waals surface area contributed by atoms with E-state index in [9.17, 15) is 0 Å². The van der Waals surface area contributed by atoms with E-state index in [0.717, 1.165) is 71.8 Å². The first-order valence-electron chi connectivity index (χ1n) is 23.1. The van der Waals surface area contributed by atoms with E-state index < -0.39 is 0 Å². The Bertz CT molecular complexity index is 1030. The number of rotatable bonds is 37. The van der Waals surface area contributed by atoms with E-state index >= 15 is 0 Å². The maximum absolute atomic E-state index is 6.49. The quantitative estimate of drug-likeness (QED) is 0.0500. The minimum Gasteiger partial charge on any atom is -0.379 e. The Hall–Kier alpha value is -2.14. The van der Waals surface area contributed by atoms with Crippen molar-refractivity contribution in [1.29, 1.82) is 0 Å². The van der Waals surface area contributed by atoms with Crippen LogP contribution in [0.15, 0.2) is 78.9 Å². The van der Waals surface area contributed by atoms with Crippen LogP contribution in [0.3, 0.4) is 0 Å². The second-order valence-corrected chi connectivity index (χ2v) is 15.7. The molecule has 1 heterocycles. The van der Waals surface area contributed by atoms with Gasteiger partial charge in [0.1, 0.15) is 0 Å². The summed E-state index contributed by atoms with van der Waals surface area (Å²) in [5.41, 5.74) is 1.35. The van der Waals surface area contributed by atoms with Crippen LogP contribution in [-0.2, 0) is 9.47 Å². The summed E-state index contributed by atoms with van der Waals surface area (Å²) >= 11 is 0. The van der Waals surface area contributed by atoms with Crippen molar-refractivity contribution in [2.75, 3.05) is 57.4 Å². The summed E-state index contributed by atoms with van der Waals surface area (Å²) in [5, 5.41) is 0. The summed E-state index contributed by atoms with van der Waals surface area (Å²) in [6.07, 6.45) is 50.8. The standard InChI is InChI=1S/C50H86N2O2/c1-3-5-7-9-11-13-15-17-19-21-23-25-27-29-31-36-46-53-48-50(40-41-51-42-44-52(45-43-51)49-38-34-33-35-39-49)54-47-37-32-30-28-26-24-22-20-18-16-14-12-10-8-6-4-2/h11-14,17-20,33-35,38-39,50H,3-10,15-16,21-32,36-37,40-48H2,1-2H3/b13-11-,14-12-,19-17-,20-18-. The molecular formula is C50H86N2O2. The van der Waals surface area contributed by atoms with E-state index in [0.29, 0.717) is 0 Å². The van der Waals surface area contributed by atoms with Crippen molar-refractivity contribution in [3.05, 3.63) is 78.9 Å². The predicted molar refractivity (Wildman–Crippen MR) is 239 cm³/mol. The number of hydrogen-bond acceptors (Lipinski definition) is 4. The van der Waals surface area contributed by atoms with E-state index in [-0.39, 0.29) is 6.10 Å². The normalized spacial score (nSPS) is 14.9. The lowest BCUT2D eigenvalue weighted by atomic mass is 10.1. The van der Waals surface area contributed by atoms with E-state index in [1.807, 2.05) is 0 Å². The molecule has 0 bridgehead atoms. The summed E-state index contributed by atoms with van der Waals surface area (Å²) in [4.78, 5) is 5.14. The Morgan fingerprint density at radius 1 is 0.519 bits per heavy atom. The third-order valence-electron chi connectivity index (χ3n) is 10.8. The molecule has 0 aliphatic carbocycles. The average Bonchev–Trinajstić information content (AvgIpc) is 3.20. The molecule has 0 saturated carbocycles. The monoisotopic (exact) mass is 747 g/mol. The number of ether oxygens (including phenoxy) is 2. The van der Waals surface area contributed by atoms with Crippen molar-refractivity contribution in [2.45, 2.75) is 180 Å². The molecule has 1 aromatic carbocycles. The van der Waals surface area contributed by atoms with Crippen LogP contribution < -0.4 is 4.90 Å². The van der Waals surface area contributed by atoms with Gasteiger partial charge in [-0.2, -0.15) is 0 Å². The highest BCUT2D eigenvalue weighted by molar-refractivity contribution is 5.46. The minimum atomic E-state index is 0.208. The lowest BCUT2D eigenvalue weighted by molar-refractivity contribution is -0.0264. The Kier molecular flexibility index (Phi) is 33.6. The molecule has 0 radical (unpaired) electrons. The van der Waals surface area contributed by atoms with Crippen molar-refractivity contribution in [1.82, 2.24) is 4.90 Å². The summed E-state index contributed by atoms with van der Waals surface area (Å²) < 4.78 is 12.7. The van der Waals surface area contributed by atoms with Crippen LogP contribution in [-0.4, -0.2) is 63.5 Å². The van der Waals surface area contributed by atoms with Gasteiger partial charge in [-0.05, 0) is 95.6 Å². The number of anilines is 1. The fourth-order valence-corrected chi connectivity index (χ4v) is 7.16. The van der Waals surface area contributed by atoms with Gasteiger partial charge < -0.3 is 14.4 Å². The molecule has 1 unspecified atom stereocenters. The smallest absolute Gasteiger partial charge is 0.0820 e. The van der Waals surface area contributed by atoms with Gasteiger partial charge >= 0.3 is 0 Å². The fourth-order valence-electron chi connectivity index (χ4n) is 7.16. The van der Waals surface area contributed by atoms with Gasteiger partial charge in [-0.15, -0.1) is 0 Å². The molecule has 1 fully saturated rings. The lowest BCUT2D eigenvalue weighted by Crippen LogP contribution is -2.47. The van der Waals surface area contributed by atoms with Crippen LogP contribution in [0.25, 0.3) is 0 Å². The summed E-state index contributed by atoms with van der Waals surface area (Å²) in [6, 6.07) is 10.9. The summed E-state index contributed by atoms with van der Waals surface area (Å²) in [5.74, 6) is 0. The van der Waals surface area contributed by atoms with Gasteiger partial charge in [0.15, 0.2) is 0 Å². The largest absolute Gasteiger partial charge is 0.379 e. The van der Waals surface area contributed by atoms with Crippen molar-refractivity contribution < 1.29 is 9.47 Å². The Morgan fingerprint density at radius 3 is 1.50 bits per heavy atom. The van der Waals surface area contributed by atoms with E-state index in [1.54, 1.807) is 0 Å². The number of unbranched alkanes of at least 4 members (excludes halogenated alkanes) is 18.